The lowest BCUT2D eigenvalue weighted by Crippen LogP contribution is -2.30. The fourth-order valence-corrected chi connectivity index (χ4v) is 3.87. The lowest BCUT2D eigenvalue weighted by atomic mass is 10.1. The average Bonchev–Trinajstić information content (AvgIpc) is 3.08. The molecule has 0 bridgehead atoms. The molecule has 0 atom stereocenters. The smallest absolute Gasteiger partial charge is 0.279 e. The summed E-state index contributed by atoms with van der Waals surface area (Å²) < 4.78 is 5.41. The Labute approximate surface area is 140 Å². The van der Waals surface area contributed by atoms with Crippen LogP contribution in [0.1, 0.15) is 44.0 Å². The largest absolute Gasteiger partial charge is 0.464 e. The van der Waals surface area contributed by atoms with Crippen LogP contribution >= 0.6 is 11.8 Å². The van der Waals surface area contributed by atoms with Gasteiger partial charge in [-0.15, -0.1) is 0 Å². The molecule has 0 radical (unpaired) electrons. The van der Waals surface area contributed by atoms with Crippen molar-refractivity contribution in [1.29, 1.82) is 0 Å². The minimum Gasteiger partial charge on any atom is -0.464 e. The number of carbonyl (C=O) groups excluding carboxylic acids is 1. The summed E-state index contributed by atoms with van der Waals surface area (Å²) in [6, 6.07) is 7.30. The summed E-state index contributed by atoms with van der Waals surface area (Å²) in [5.41, 5.74) is 1.39. The van der Waals surface area contributed by atoms with Gasteiger partial charge in [0.05, 0.1) is 6.26 Å². The van der Waals surface area contributed by atoms with Crippen LogP contribution in [0.5, 0.6) is 0 Å². The van der Waals surface area contributed by atoms with Crippen LogP contribution in [-0.4, -0.2) is 33.8 Å². The Kier molecular flexibility index (Phi) is 4.48. The van der Waals surface area contributed by atoms with Crippen LogP contribution in [0.2, 0.25) is 0 Å². The number of nitrogens with zero attached hydrogens (tertiary/aromatic N) is 2. The van der Waals surface area contributed by atoms with Crippen LogP contribution in [0.3, 0.4) is 0 Å². The first-order chi connectivity index (χ1) is 11.0. The van der Waals surface area contributed by atoms with Crippen LogP contribution in [-0.2, 0) is 0 Å². The van der Waals surface area contributed by atoms with E-state index in [0.717, 1.165) is 42.1 Å². The van der Waals surface area contributed by atoms with Gasteiger partial charge in [-0.1, -0.05) is 25.1 Å². The molecule has 4 nitrogen and oxygen atoms in total. The predicted molar refractivity (Wildman–Crippen MR) is 96.1 cm³/mol. The highest BCUT2D eigenvalue weighted by molar-refractivity contribution is 8.15. The number of unbranched alkanes of at least 4 members (excludes halogenated alkanes) is 1. The molecule has 1 aromatic carbocycles. The van der Waals surface area contributed by atoms with Gasteiger partial charge in [-0.25, -0.2) is 0 Å². The first-order valence-electron chi connectivity index (χ1n) is 8.03. The van der Waals surface area contributed by atoms with E-state index in [1.165, 1.54) is 0 Å². The minimum absolute atomic E-state index is 0.0986. The van der Waals surface area contributed by atoms with Crippen molar-refractivity contribution >= 4 is 33.8 Å². The Bertz CT molecular complexity index is 748. The van der Waals surface area contributed by atoms with Crippen molar-refractivity contribution in [3.8, 4) is 0 Å². The van der Waals surface area contributed by atoms with Crippen LogP contribution < -0.4 is 0 Å². The SMILES string of the molecule is CCCCN1CC(C)(C)S/C1=N\C(=O)c1ccc2occc2c1. The number of amidine groups is 1. The third-order valence-corrected chi connectivity index (χ3v) is 5.10. The number of hydrogen-bond donors (Lipinski definition) is 0. The number of carbonyl (C=O) groups is 1. The maximum atomic E-state index is 12.5. The van der Waals surface area contributed by atoms with Crippen molar-refractivity contribution in [2.24, 2.45) is 4.99 Å². The third-order valence-electron chi connectivity index (χ3n) is 3.89. The predicted octanol–water partition coefficient (Wildman–Crippen LogP) is 4.56. The highest BCUT2D eigenvalue weighted by Gasteiger charge is 2.35. The fraction of sp³-hybridized carbons (Fsp3) is 0.444. The Morgan fingerprint density at radius 2 is 2.22 bits per heavy atom. The van der Waals surface area contributed by atoms with Gasteiger partial charge >= 0.3 is 0 Å². The van der Waals surface area contributed by atoms with Crippen molar-refractivity contribution in [3.05, 3.63) is 36.1 Å². The van der Waals surface area contributed by atoms with Gasteiger partial charge in [0.1, 0.15) is 5.58 Å². The normalized spacial score (nSPS) is 18.9. The highest BCUT2D eigenvalue weighted by atomic mass is 32.2. The number of furan rings is 1. The minimum atomic E-state index is -0.185. The zero-order chi connectivity index (χ0) is 16.4. The van der Waals surface area contributed by atoms with Gasteiger partial charge in [0.15, 0.2) is 5.17 Å². The van der Waals surface area contributed by atoms with Crippen LogP contribution in [0.4, 0.5) is 0 Å². The molecule has 0 aliphatic carbocycles. The monoisotopic (exact) mass is 330 g/mol. The lowest BCUT2D eigenvalue weighted by molar-refractivity contribution is 0.100. The standard InChI is InChI=1S/C18H22N2O2S/c1-4-5-9-20-12-18(2,3)23-17(20)19-16(21)14-6-7-15-13(11-14)8-10-22-15/h6-8,10-11H,4-5,9,12H2,1-3H3/b19-17-. The molecule has 1 fully saturated rings. The molecule has 2 aromatic rings. The molecule has 0 N–H and O–H groups in total. The number of benzene rings is 1. The van der Waals surface area contributed by atoms with E-state index in [2.05, 4.69) is 30.7 Å². The van der Waals surface area contributed by atoms with E-state index in [-0.39, 0.29) is 10.7 Å². The number of aliphatic imine (C=N–C) groups is 1. The van der Waals surface area contributed by atoms with Crippen molar-refractivity contribution in [3.63, 3.8) is 0 Å². The third kappa shape index (κ3) is 3.61. The van der Waals surface area contributed by atoms with Crippen LogP contribution in [0, 0.1) is 0 Å². The van der Waals surface area contributed by atoms with E-state index >= 15 is 0 Å². The summed E-state index contributed by atoms with van der Waals surface area (Å²) in [5.74, 6) is -0.185. The number of hydrogen-bond acceptors (Lipinski definition) is 3. The van der Waals surface area contributed by atoms with Crippen LogP contribution in [0.25, 0.3) is 11.0 Å². The second-order valence-corrected chi connectivity index (χ2v) is 8.18. The quantitative estimate of drug-likeness (QED) is 0.824. The molecule has 23 heavy (non-hydrogen) atoms. The van der Waals surface area contributed by atoms with Gasteiger partial charge < -0.3 is 9.32 Å². The van der Waals surface area contributed by atoms with Crippen molar-refractivity contribution in [2.75, 3.05) is 13.1 Å². The summed E-state index contributed by atoms with van der Waals surface area (Å²) >= 11 is 1.69. The molecule has 1 aliphatic heterocycles. The maximum Gasteiger partial charge on any atom is 0.279 e. The fourth-order valence-electron chi connectivity index (χ4n) is 2.74. The van der Waals surface area contributed by atoms with Gasteiger partial charge in [-0.2, -0.15) is 4.99 Å². The Morgan fingerprint density at radius 3 is 3.00 bits per heavy atom. The molecule has 0 saturated carbocycles. The second-order valence-electron chi connectivity index (χ2n) is 6.51. The topological polar surface area (TPSA) is 45.8 Å². The highest BCUT2D eigenvalue weighted by Crippen LogP contribution is 2.35. The first-order valence-corrected chi connectivity index (χ1v) is 8.84. The van der Waals surface area contributed by atoms with E-state index in [9.17, 15) is 4.79 Å². The van der Waals surface area contributed by atoms with Crippen molar-refractivity contribution in [1.82, 2.24) is 4.90 Å². The summed E-state index contributed by atoms with van der Waals surface area (Å²) in [6.07, 6.45) is 3.89. The second kappa shape index (κ2) is 6.40. The van der Waals surface area contributed by atoms with Gasteiger partial charge in [0, 0.05) is 28.8 Å². The Morgan fingerprint density at radius 1 is 1.39 bits per heavy atom. The number of amides is 1. The number of fused-ring (bicyclic) bond motifs is 1. The zero-order valence-corrected chi connectivity index (χ0v) is 14.7. The summed E-state index contributed by atoms with van der Waals surface area (Å²) in [5, 5.41) is 1.78. The Balaban J connectivity index is 1.84. The molecule has 0 unspecified atom stereocenters. The molecule has 1 saturated heterocycles. The van der Waals surface area contributed by atoms with E-state index < -0.39 is 0 Å². The van der Waals surface area contributed by atoms with Gasteiger partial charge in [-0.3, -0.25) is 4.79 Å². The summed E-state index contributed by atoms with van der Waals surface area (Å²) in [4.78, 5) is 19.2. The summed E-state index contributed by atoms with van der Waals surface area (Å²) in [6.45, 7) is 8.46. The molecule has 0 spiro atoms. The molecule has 1 amide bonds. The molecule has 122 valence electrons. The van der Waals surface area contributed by atoms with E-state index in [1.54, 1.807) is 24.1 Å². The Hall–Kier alpha value is -1.75. The molecule has 5 heteroatoms. The maximum absolute atomic E-state index is 12.5. The van der Waals surface area contributed by atoms with Crippen molar-refractivity contribution in [2.45, 2.75) is 38.4 Å². The molecule has 1 aromatic heterocycles. The lowest BCUT2D eigenvalue weighted by Gasteiger charge is -2.19. The molecule has 1 aliphatic rings. The van der Waals surface area contributed by atoms with E-state index in [4.69, 9.17) is 4.42 Å². The first kappa shape index (κ1) is 16.1. The van der Waals surface area contributed by atoms with Gasteiger partial charge in [0.2, 0.25) is 0 Å². The van der Waals surface area contributed by atoms with E-state index in [1.807, 2.05) is 18.2 Å². The molecular weight excluding hydrogens is 308 g/mol. The van der Waals surface area contributed by atoms with E-state index in [0.29, 0.717) is 5.56 Å². The molecular formula is C18H22N2O2S. The molecule has 3 rings (SSSR count). The van der Waals surface area contributed by atoms with Crippen LogP contribution in [0.15, 0.2) is 39.9 Å². The average molecular weight is 330 g/mol. The van der Waals surface area contributed by atoms with Gasteiger partial charge in [0.25, 0.3) is 5.91 Å². The number of rotatable bonds is 4. The molecule has 2 heterocycles. The van der Waals surface area contributed by atoms with Gasteiger partial charge in [-0.05, 0) is 44.5 Å². The summed E-state index contributed by atoms with van der Waals surface area (Å²) in [7, 11) is 0. The van der Waals surface area contributed by atoms with Crippen molar-refractivity contribution < 1.29 is 9.21 Å². The number of thioether (sulfide) groups is 1. The zero-order valence-electron chi connectivity index (χ0n) is 13.8.